The summed E-state index contributed by atoms with van der Waals surface area (Å²) in [7, 11) is 3.88. The Bertz CT molecular complexity index is 438. The summed E-state index contributed by atoms with van der Waals surface area (Å²) in [6.45, 7) is 5.78. The molecule has 1 saturated carbocycles. The van der Waals surface area contributed by atoms with Gasteiger partial charge in [-0.25, -0.2) is 0 Å². The standard InChI is InChI=1S/C16H25ClN2O/c1-12-9-13(12)11-19(2)16-6-4-5-15(17)14(16)10-18-7-8-20-3/h4-6,12-13,18H,7-11H2,1-3H3. The summed E-state index contributed by atoms with van der Waals surface area (Å²) in [4.78, 5) is 2.34. The maximum atomic E-state index is 6.37. The van der Waals surface area contributed by atoms with Crippen LogP contribution < -0.4 is 10.2 Å². The summed E-state index contributed by atoms with van der Waals surface area (Å²) >= 11 is 6.37. The van der Waals surface area contributed by atoms with E-state index in [4.69, 9.17) is 16.3 Å². The first-order valence-corrected chi connectivity index (χ1v) is 7.69. The van der Waals surface area contributed by atoms with Crippen LogP contribution in [0.25, 0.3) is 0 Å². The Morgan fingerprint density at radius 1 is 1.45 bits per heavy atom. The first-order valence-electron chi connectivity index (χ1n) is 7.31. The van der Waals surface area contributed by atoms with Crippen molar-refractivity contribution >= 4 is 17.3 Å². The second-order valence-electron chi connectivity index (χ2n) is 5.76. The number of methoxy groups -OCH3 is 1. The van der Waals surface area contributed by atoms with E-state index in [-0.39, 0.29) is 0 Å². The molecule has 1 aliphatic rings. The van der Waals surface area contributed by atoms with Gasteiger partial charge in [0.15, 0.2) is 0 Å². The summed E-state index contributed by atoms with van der Waals surface area (Å²) in [6, 6.07) is 6.15. The van der Waals surface area contributed by atoms with Gasteiger partial charge in [0.1, 0.15) is 0 Å². The zero-order valence-electron chi connectivity index (χ0n) is 12.7. The van der Waals surface area contributed by atoms with Gasteiger partial charge < -0.3 is 15.0 Å². The van der Waals surface area contributed by atoms with Gasteiger partial charge in [0, 0.05) is 50.1 Å². The van der Waals surface area contributed by atoms with Crippen LogP contribution in [0.2, 0.25) is 5.02 Å². The van der Waals surface area contributed by atoms with E-state index in [0.29, 0.717) is 0 Å². The van der Waals surface area contributed by atoms with Crippen LogP contribution in [0.1, 0.15) is 18.9 Å². The van der Waals surface area contributed by atoms with Crippen LogP contribution in [0, 0.1) is 11.8 Å². The normalized spacial score (nSPS) is 21.0. The van der Waals surface area contributed by atoms with Crippen LogP contribution in [0.15, 0.2) is 18.2 Å². The second-order valence-corrected chi connectivity index (χ2v) is 6.17. The molecule has 0 radical (unpaired) electrons. The van der Waals surface area contributed by atoms with Crippen LogP contribution in [0.4, 0.5) is 5.69 Å². The molecule has 2 rings (SSSR count). The molecule has 0 bridgehead atoms. The van der Waals surface area contributed by atoms with Crippen molar-refractivity contribution in [1.82, 2.24) is 5.32 Å². The quantitative estimate of drug-likeness (QED) is 0.746. The van der Waals surface area contributed by atoms with Crippen molar-refractivity contribution in [2.24, 2.45) is 11.8 Å². The molecule has 1 aromatic carbocycles. The summed E-state index contributed by atoms with van der Waals surface area (Å²) in [5.41, 5.74) is 2.42. The van der Waals surface area contributed by atoms with E-state index in [1.807, 2.05) is 12.1 Å². The van der Waals surface area contributed by atoms with Gasteiger partial charge in [-0.1, -0.05) is 24.6 Å². The van der Waals surface area contributed by atoms with E-state index in [0.717, 1.165) is 43.1 Å². The third-order valence-electron chi connectivity index (χ3n) is 4.07. The average Bonchev–Trinajstić information content (AvgIpc) is 3.11. The molecule has 0 saturated heterocycles. The number of ether oxygens (including phenoxy) is 1. The monoisotopic (exact) mass is 296 g/mol. The van der Waals surface area contributed by atoms with Gasteiger partial charge in [-0.05, 0) is 30.4 Å². The molecule has 0 aromatic heterocycles. The third kappa shape index (κ3) is 4.11. The highest BCUT2D eigenvalue weighted by atomic mass is 35.5. The highest BCUT2D eigenvalue weighted by Gasteiger charge is 2.33. The van der Waals surface area contributed by atoms with Crippen LogP contribution in [-0.2, 0) is 11.3 Å². The molecule has 20 heavy (non-hydrogen) atoms. The lowest BCUT2D eigenvalue weighted by molar-refractivity contribution is 0.199. The average molecular weight is 297 g/mol. The Balaban J connectivity index is 2.00. The fourth-order valence-corrected chi connectivity index (χ4v) is 2.81. The molecule has 1 fully saturated rings. The van der Waals surface area contributed by atoms with Gasteiger partial charge >= 0.3 is 0 Å². The predicted molar refractivity (Wildman–Crippen MR) is 85.6 cm³/mol. The predicted octanol–water partition coefficient (Wildman–Crippen LogP) is 3.17. The van der Waals surface area contributed by atoms with Gasteiger partial charge in [0.2, 0.25) is 0 Å². The molecule has 4 heteroatoms. The lowest BCUT2D eigenvalue weighted by Gasteiger charge is -2.23. The SMILES string of the molecule is COCCNCc1c(Cl)cccc1N(C)CC1CC1C. The number of nitrogens with one attached hydrogen (secondary N) is 1. The Labute approximate surface area is 127 Å². The Hall–Kier alpha value is -0.770. The largest absolute Gasteiger partial charge is 0.383 e. The molecule has 2 atom stereocenters. The fourth-order valence-electron chi connectivity index (χ4n) is 2.57. The number of nitrogens with zero attached hydrogens (tertiary/aromatic N) is 1. The van der Waals surface area contributed by atoms with Gasteiger partial charge in [0.05, 0.1) is 6.61 Å². The van der Waals surface area contributed by atoms with E-state index >= 15 is 0 Å². The van der Waals surface area contributed by atoms with Crippen LogP contribution in [0.5, 0.6) is 0 Å². The number of benzene rings is 1. The fraction of sp³-hybridized carbons (Fsp3) is 0.625. The molecule has 0 heterocycles. The van der Waals surface area contributed by atoms with E-state index in [2.05, 4.69) is 30.3 Å². The number of rotatable bonds is 8. The van der Waals surface area contributed by atoms with Gasteiger partial charge in [-0.15, -0.1) is 0 Å². The Morgan fingerprint density at radius 2 is 2.20 bits per heavy atom. The van der Waals surface area contributed by atoms with Crippen molar-refractivity contribution < 1.29 is 4.74 Å². The minimum atomic E-state index is 0.717. The van der Waals surface area contributed by atoms with E-state index < -0.39 is 0 Å². The number of hydrogen-bond acceptors (Lipinski definition) is 3. The lowest BCUT2D eigenvalue weighted by Crippen LogP contribution is -2.25. The maximum absolute atomic E-state index is 6.37. The zero-order valence-corrected chi connectivity index (χ0v) is 13.4. The molecule has 0 amide bonds. The van der Waals surface area contributed by atoms with Crippen LogP contribution in [-0.4, -0.2) is 33.9 Å². The van der Waals surface area contributed by atoms with Crippen molar-refractivity contribution in [2.45, 2.75) is 19.9 Å². The van der Waals surface area contributed by atoms with Crippen molar-refractivity contribution in [1.29, 1.82) is 0 Å². The van der Waals surface area contributed by atoms with Gasteiger partial charge in [0.25, 0.3) is 0 Å². The molecule has 1 aromatic rings. The van der Waals surface area contributed by atoms with E-state index in [1.165, 1.54) is 17.7 Å². The maximum Gasteiger partial charge on any atom is 0.0587 e. The Morgan fingerprint density at radius 3 is 2.85 bits per heavy atom. The second kappa shape index (κ2) is 7.30. The summed E-state index contributed by atoms with van der Waals surface area (Å²) < 4.78 is 5.05. The number of anilines is 1. The highest BCUT2D eigenvalue weighted by Crippen LogP contribution is 2.39. The summed E-state index contributed by atoms with van der Waals surface area (Å²) in [5.74, 6) is 1.72. The van der Waals surface area contributed by atoms with Crippen LogP contribution in [0.3, 0.4) is 0 Å². The lowest BCUT2D eigenvalue weighted by atomic mass is 10.1. The molecule has 0 aliphatic heterocycles. The van der Waals surface area contributed by atoms with Gasteiger partial charge in [-0.3, -0.25) is 0 Å². The smallest absolute Gasteiger partial charge is 0.0587 e. The minimum absolute atomic E-state index is 0.717. The van der Waals surface area contributed by atoms with Gasteiger partial charge in [-0.2, -0.15) is 0 Å². The van der Waals surface area contributed by atoms with Crippen molar-refractivity contribution in [3.63, 3.8) is 0 Å². The number of hydrogen-bond donors (Lipinski definition) is 1. The molecule has 1 N–H and O–H groups in total. The summed E-state index contributed by atoms with van der Waals surface area (Å²) in [6.07, 6.45) is 1.35. The Kier molecular flexibility index (Phi) is 5.70. The molecular weight excluding hydrogens is 272 g/mol. The highest BCUT2D eigenvalue weighted by molar-refractivity contribution is 6.31. The van der Waals surface area contributed by atoms with Crippen molar-refractivity contribution in [2.75, 3.05) is 38.8 Å². The topological polar surface area (TPSA) is 24.5 Å². The minimum Gasteiger partial charge on any atom is -0.383 e. The molecule has 1 aliphatic carbocycles. The van der Waals surface area contributed by atoms with Crippen molar-refractivity contribution in [3.8, 4) is 0 Å². The molecule has 3 nitrogen and oxygen atoms in total. The van der Waals surface area contributed by atoms with E-state index in [1.54, 1.807) is 7.11 Å². The molecule has 112 valence electrons. The number of halogens is 1. The molecule has 0 spiro atoms. The summed E-state index contributed by atoms with van der Waals surface area (Å²) in [5, 5.41) is 4.22. The first-order chi connectivity index (χ1) is 9.63. The third-order valence-corrected chi connectivity index (χ3v) is 4.43. The molecular formula is C16H25ClN2O. The molecule has 2 unspecified atom stereocenters. The van der Waals surface area contributed by atoms with E-state index in [9.17, 15) is 0 Å². The van der Waals surface area contributed by atoms with Crippen molar-refractivity contribution in [3.05, 3.63) is 28.8 Å². The first kappa shape index (κ1) is 15.6. The van der Waals surface area contributed by atoms with Crippen LogP contribution >= 0.6 is 11.6 Å². The zero-order chi connectivity index (χ0) is 14.5.